The Balaban J connectivity index is 1.80. The number of likely N-dealkylation sites (tertiary alicyclic amines) is 1. The Morgan fingerprint density at radius 2 is 1.93 bits per heavy atom. The normalized spacial score (nSPS) is 17.3. The molecule has 0 bridgehead atoms. The molecule has 0 spiro atoms. The van der Waals surface area contributed by atoms with Crippen molar-refractivity contribution in [2.24, 2.45) is 5.92 Å². The zero-order valence-corrected chi connectivity index (χ0v) is 18.9. The summed E-state index contributed by atoms with van der Waals surface area (Å²) in [5, 5.41) is 3.55. The van der Waals surface area contributed by atoms with Gasteiger partial charge in [-0.1, -0.05) is 41.2 Å². The molecular formula is C22H30N4O2S. The third-order valence-corrected chi connectivity index (χ3v) is 5.97. The van der Waals surface area contributed by atoms with Crippen LogP contribution in [-0.4, -0.2) is 52.8 Å². The predicted octanol–water partition coefficient (Wildman–Crippen LogP) is 3.77. The topological polar surface area (TPSA) is 65.5 Å². The largest absolute Gasteiger partial charge is 0.337 e. The summed E-state index contributed by atoms with van der Waals surface area (Å²) in [7, 11) is 4.03. The molecule has 7 heteroatoms. The van der Waals surface area contributed by atoms with E-state index in [1.807, 2.05) is 34.9 Å². The molecule has 1 aromatic carbocycles. The summed E-state index contributed by atoms with van der Waals surface area (Å²) in [4.78, 5) is 34.8. The van der Waals surface area contributed by atoms with E-state index in [1.54, 1.807) is 4.90 Å². The van der Waals surface area contributed by atoms with Crippen molar-refractivity contribution in [3.05, 3.63) is 34.7 Å². The summed E-state index contributed by atoms with van der Waals surface area (Å²) in [6.07, 6.45) is 0.254. The molecule has 1 aliphatic heterocycles. The minimum atomic E-state index is -0.342. The highest BCUT2D eigenvalue weighted by atomic mass is 32.1. The van der Waals surface area contributed by atoms with E-state index in [9.17, 15) is 9.59 Å². The number of rotatable bonds is 5. The summed E-state index contributed by atoms with van der Waals surface area (Å²) in [6.45, 7) is 9.24. The zero-order valence-electron chi connectivity index (χ0n) is 18.1. The Labute approximate surface area is 176 Å². The van der Waals surface area contributed by atoms with Crippen LogP contribution in [0.15, 0.2) is 24.3 Å². The van der Waals surface area contributed by atoms with Gasteiger partial charge in [-0.05, 0) is 41.8 Å². The molecule has 1 unspecified atom stereocenters. The van der Waals surface area contributed by atoms with Gasteiger partial charge in [-0.25, -0.2) is 4.98 Å². The maximum absolute atomic E-state index is 12.8. The van der Waals surface area contributed by atoms with Gasteiger partial charge in [-0.2, -0.15) is 0 Å². The molecule has 0 radical (unpaired) electrons. The Hall–Kier alpha value is -2.25. The number of aryl methyl sites for hydroxylation is 1. The first kappa shape index (κ1) is 21.5. The lowest BCUT2D eigenvalue weighted by Crippen LogP contribution is -2.42. The summed E-state index contributed by atoms with van der Waals surface area (Å²) >= 11 is 1.50. The van der Waals surface area contributed by atoms with Crippen LogP contribution in [0.2, 0.25) is 0 Å². The molecule has 29 heavy (non-hydrogen) atoms. The van der Waals surface area contributed by atoms with Crippen LogP contribution < -0.4 is 5.32 Å². The van der Waals surface area contributed by atoms with Crippen LogP contribution in [0.5, 0.6) is 0 Å². The molecule has 0 aliphatic carbocycles. The van der Waals surface area contributed by atoms with E-state index in [0.29, 0.717) is 11.7 Å². The first-order valence-electron chi connectivity index (χ1n) is 9.87. The van der Waals surface area contributed by atoms with Crippen molar-refractivity contribution in [2.75, 3.05) is 26.0 Å². The molecule has 1 atom stereocenters. The van der Waals surface area contributed by atoms with Gasteiger partial charge in [-0.3, -0.25) is 9.59 Å². The molecule has 6 nitrogen and oxygen atoms in total. The molecule has 156 valence electrons. The van der Waals surface area contributed by atoms with Crippen molar-refractivity contribution in [1.29, 1.82) is 0 Å². The van der Waals surface area contributed by atoms with E-state index in [-0.39, 0.29) is 29.7 Å². The van der Waals surface area contributed by atoms with Crippen LogP contribution in [0, 0.1) is 12.8 Å². The lowest BCUT2D eigenvalue weighted by Gasteiger charge is -2.31. The number of hydrogen-bond acceptors (Lipinski definition) is 5. The minimum Gasteiger partial charge on any atom is -0.337 e. The number of carbonyl (C=O) groups excluding carboxylic acids is 2. The monoisotopic (exact) mass is 414 g/mol. The number of thiazole rings is 1. The summed E-state index contributed by atoms with van der Waals surface area (Å²) < 4.78 is 0. The van der Waals surface area contributed by atoms with Crippen LogP contribution in [0.4, 0.5) is 5.13 Å². The SMILES string of the molecule is Cc1ccc(-c2nc(NC(=O)C3CC(=O)N(C(C)(C)C)C3)sc2CN(C)C)cc1. The summed E-state index contributed by atoms with van der Waals surface area (Å²) in [6, 6.07) is 8.26. The number of aromatic nitrogens is 1. The van der Waals surface area contributed by atoms with Crippen molar-refractivity contribution >= 4 is 28.3 Å². The molecule has 1 saturated heterocycles. The number of hydrogen-bond donors (Lipinski definition) is 1. The van der Waals surface area contributed by atoms with Gasteiger partial charge >= 0.3 is 0 Å². The van der Waals surface area contributed by atoms with E-state index in [2.05, 4.69) is 41.4 Å². The molecule has 2 amide bonds. The van der Waals surface area contributed by atoms with E-state index in [1.165, 1.54) is 16.9 Å². The average molecular weight is 415 g/mol. The molecule has 1 fully saturated rings. The van der Waals surface area contributed by atoms with Gasteiger partial charge in [0.15, 0.2) is 5.13 Å². The predicted molar refractivity (Wildman–Crippen MR) is 118 cm³/mol. The molecule has 3 rings (SSSR count). The van der Waals surface area contributed by atoms with Crippen molar-refractivity contribution in [1.82, 2.24) is 14.8 Å². The minimum absolute atomic E-state index is 0.0328. The zero-order chi connectivity index (χ0) is 21.3. The number of nitrogens with one attached hydrogen (secondary N) is 1. The van der Waals surface area contributed by atoms with Gasteiger partial charge in [0, 0.05) is 35.5 Å². The van der Waals surface area contributed by atoms with Crippen molar-refractivity contribution in [2.45, 2.75) is 46.2 Å². The summed E-state index contributed by atoms with van der Waals surface area (Å²) in [5.41, 5.74) is 2.86. The Kier molecular flexibility index (Phi) is 6.10. The van der Waals surface area contributed by atoms with Gasteiger partial charge in [0.25, 0.3) is 0 Å². The number of carbonyl (C=O) groups is 2. The maximum Gasteiger partial charge on any atom is 0.231 e. The Morgan fingerprint density at radius 1 is 1.28 bits per heavy atom. The second-order valence-corrected chi connectivity index (χ2v) is 10.0. The Morgan fingerprint density at radius 3 is 2.48 bits per heavy atom. The van der Waals surface area contributed by atoms with Gasteiger partial charge in [-0.15, -0.1) is 0 Å². The van der Waals surface area contributed by atoms with Gasteiger partial charge in [0.05, 0.1) is 11.6 Å². The highest BCUT2D eigenvalue weighted by molar-refractivity contribution is 7.16. The molecule has 2 aromatic rings. The maximum atomic E-state index is 12.8. The standard InChI is InChI=1S/C22H30N4O2S/c1-14-7-9-15(10-8-14)19-17(13-25(5)6)29-21(23-19)24-20(28)16-11-18(27)26(12-16)22(2,3)4/h7-10,16H,11-13H2,1-6H3,(H,23,24,28). The first-order chi connectivity index (χ1) is 13.5. The fraction of sp³-hybridized carbons (Fsp3) is 0.500. The fourth-order valence-corrected chi connectivity index (χ4v) is 4.58. The third kappa shape index (κ3) is 5.03. The second kappa shape index (κ2) is 8.24. The lowest BCUT2D eigenvalue weighted by atomic mass is 10.1. The third-order valence-electron chi connectivity index (χ3n) is 5.02. The molecular weight excluding hydrogens is 384 g/mol. The highest BCUT2D eigenvalue weighted by Gasteiger charge is 2.39. The molecule has 1 aliphatic rings. The first-order valence-corrected chi connectivity index (χ1v) is 10.7. The molecule has 1 aromatic heterocycles. The van der Waals surface area contributed by atoms with E-state index in [0.717, 1.165) is 22.7 Å². The van der Waals surface area contributed by atoms with Crippen molar-refractivity contribution in [3.8, 4) is 11.3 Å². The smallest absolute Gasteiger partial charge is 0.231 e. The van der Waals surface area contributed by atoms with Crippen LogP contribution in [-0.2, 0) is 16.1 Å². The van der Waals surface area contributed by atoms with Crippen molar-refractivity contribution in [3.63, 3.8) is 0 Å². The lowest BCUT2D eigenvalue weighted by molar-refractivity contribution is -0.131. The second-order valence-electron chi connectivity index (χ2n) is 8.96. The average Bonchev–Trinajstić information content (AvgIpc) is 3.18. The van der Waals surface area contributed by atoms with Gasteiger partial charge in [0.2, 0.25) is 11.8 Å². The van der Waals surface area contributed by atoms with Crippen LogP contribution >= 0.6 is 11.3 Å². The van der Waals surface area contributed by atoms with Gasteiger partial charge < -0.3 is 15.1 Å². The number of nitrogens with zero attached hydrogens (tertiary/aromatic N) is 3. The molecule has 2 heterocycles. The Bertz CT molecular complexity index is 897. The van der Waals surface area contributed by atoms with E-state index < -0.39 is 0 Å². The number of amides is 2. The van der Waals surface area contributed by atoms with E-state index in [4.69, 9.17) is 4.98 Å². The highest BCUT2D eigenvalue weighted by Crippen LogP contribution is 2.33. The van der Waals surface area contributed by atoms with Crippen LogP contribution in [0.1, 0.15) is 37.6 Å². The van der Waals surface area contributed by atoms with Gasteiger partial charge in [0.1, 0.15) is 0 Å². The molecule has 1 N–H and O–H groups in total. The number of benzene rings is 1. The number of anilines is 1. The van der Waals surface area contributed by atoms with Crippen LogP contribution in [0.3, 0.4) is 0 Å². The quantitative estimate of drug-likeness (QED) is 0.809. The van der Waals surface area contributed by atoms with Crippen molar-refractivity contribution < 1.29 is 9.59 Å². The van der Waals surface area contributed by atoms with Crippen LogP contribution in [0.25, 0.3) is 11.3 Å². The van der Waals surface area contributed by atoms with E-state index >= 15 is 0 Å². The summed E-state index contributed by atoms with van der Waals surface area (Å²) in [5.74, 6) is -0.443. The molecule has 0 saturated carbocycles. The fourth-order valence-electron chi connectivity index (χ4n) is 3.48.